The average molecular weight is 106 g/mol. The summed E-state index contributed by atoms with van der Waals surface area (Å²) in [4.78, 5) is 0. The molecule has 0 rings (SSSR count). The molecule has 0 amide bonds. The van der Waals surface area contributed by atoms with Gasteiger partial charge in [-0.2, -0.15) is 0 Å². The van der Waals surface area contributed by atoms with Gasteiger partial charge in [-0.15, -0.1) is 0 Å². The number of hydrogen-bond donors (Lipinski definition) is 2. The molecule has 44 valence electrons. The highest BCUT2D eigenvalue weighted by Gasteiger charge is 1.77. The Morgan fingerprint density at radius 3 is 3.00 bits per heavy atom. The summed E-state index contributed by atoms with van der Waals surface area (Å²) < 4.78 is 28.3. The molecule has 0 bridgehead atoms. The fourth-order valence-electron chi connectivity index (χ4n) is 0.239. The summed E-state index contributed by atoms with van der Waals surface area (Å²) in [7, 11) is 0. The van der Waals surface area contributed by atoms with Gasteiger partial charge in [-0.1, -0.05) is 6.92 Å². The zero-order valence-corrected chi connectivity index (χ0v) is 4.49. The molecule has 0 radical (unpaired) electrons. The van der Waals surface area contributed by atoms with E-state index in [1.54, 1.807) is 0 Å². The Hall–Kier alpha value is -0.0800. The van der Waals surface area contributed by atoms with Gasteiger partial charge < -0.3 is 11.1 Å². The lowest BCUT2D eigenvalue weighted by Crippen LogP contribution is -2.17. The molecule has 0 heterocycles. The first-order valence-electron chi connectivity index (χ1n) is 4.31. The van der Waals surface area contributed by atoms with Crippen molar-refractivity contribution in [1.82, 2.24) is 5.32 Å². The Kier molecular flexibility index (Phi) is 2.08. The number of nitrogens with two attached hydrogens (primary N) is 1. The molecular weight excluding hydrogens is 88.1 g/mol. The fraction of sp³-hybridized carbons (Fsp3) is 1.00. The molecule has 0 aliphatic heterocycles. The summed E-state index contributed by atoms with van der Waals surface area (Å²) in [6.45, 7) is 0.0833. The van der Waals surface area contributed by atoms with Gasteiger partial charge in [0, 0.05) is 5.48 Å². The van der Waals surface area contributed by atoms with Crippen LogP contribution in [0, 0.1) is 0 Å². The molecule has 0 unspecified atom stereocenters. The van der Waals surface area contributed by atoms with E-state index in [2.05, 4.69) is 5.32 Å². The van der Waals surface area contributed by atoms with E-state index in [4.69, 9.17) is 11.2 Å². The highest BCUT2D eigenvalue weighted by atomic mass is 14.8. The lowest BCUT2D eigenvalue weighted by Gasteiger charge is -1.95. The smallest absolute Gasteiger partial charge is 0.0426 e. The van der Waals surface area contributed by atoms with Crippen molar-refractivity contribution < 1.29 is 5.48 Å². The minimum absolute atomic E-state index is 0.0625. The lowest BCUT2D eigenvalue weighted by molar-refractivity contribution is 0.679. The predicted molar refractivity (Wildman–Crippen MR) is 32.2 cm³/mol. The quantitative estimate of drug-likeness (QED) is 0.527. The zero-order chi connectivity index (χ0) is 9.12. The molecule has 7 heavy (non-hydrogen) atoms. The van der Waals surface area contributed by atoms with Crippen molar-refractivity contribution in [2.24, 2.45) is 5.73 Å². The van der Waals surface area contributed by atoms with Crippen molar-refractivity contribution in [3.63, 3.8) is 0 Å². The Labute approximate surface area is 50.7 Å². The first kappa shape index (κ1) is 2.46. The highest BCUT2D eigenvalue weighted by Crippen LogP contribution is 1.66. The highest BCUT2D eigenvalue weighted by molar-refractivity contribution is 4.42. The van der Waals surface area contributed by atoms with Gasteiger partial charge in [0.1, 0.15) is 0 Å². The third kappa shape index (κ3) is 5.92. The third-order valence-electron chi connectivity index (χ3n) is 0.565. The van der Waals surface area contributed by atoms with Crippen molar-refractivity contribution in [2.75, 3.05) is 19.6 Å². The van der Waals surface area contributed by atoms with Gasteiger partial charge >= 0.3 is 0 Å². The summed E-state index contributed by atoms with van der Waals surface area (Å²) in [5.74, 6) is 0. The van der Waals surface area contributed by atoms with Crippen LogP contribution >= 0.6 is 0 Å². The summed E-state index contributed by atoms with van der Waals surface area (Å²) in [5.41, 5.74) is 4.97. The Bertz CT molecular complexity index is 120. The molecular formula is C5H14N2. The van der Waals surface area contributed by atoms with E-state index in [1.165, 1.54) is 0 Å². The van der Waals surface area contributed by atoms with Crippen molar-refractivity contribution in [2.45, 2.75) is 13.3 Å². The van der Waals surface area contributed by atoms with Crippen LogP contribution < -0.4 is 11.1 Å². The Balaban J connectivity index is 4.00. The normalized spacial score (nSPS) is 22.0. The van der Waals surface area contributed by atoms with Gasteiger partial charge in [0.2, 0.25) is 0 Å². The molecule has 2 heteroatoms. The molecule has 3 N–H and O–H groups in total. The molecule has 0 aromatic rings. The number of rotatable bonds is 4. The predicted octanol–water partition coefficient (Wildman–Crippen LogP) is -0.0553. The van der Waals surface area contributed by atoms with Gasteiger partial charge in [0.25, 0.3) is 0 Å². The Morgan fingerprint density at radius 1 is 1.86 bits per heavy atom. The van der Waals surface area contributed by atoms with Crippen LogP contribution in [0.1, 0.15) is 18.8 Å². The van der Waals surface area contributed by atoms with Crippen LogP contribution in [-0.4, -0.2) is 19.6 Å². The second-order valence-corrected chi connectivity index (χ2v) is 1.10. The molecule has 0 aliphatic carbocycles. The van der Waals surface area contributed by atoms with Gasteiger partial charge in [0.05, 0.1) is 0 Å². The molecule has 0 aromatic carbocycles. The van der Waals surface area contributed by atoms with E-state index in [0.717, 1.165) is 0 Å². The maximum Gasteiger partial charge on any atom is 0.0426 e. The van der Waals surface area contributed by atoms with Crippen LogP contribution in [0.3, 0.4) is 0 Å². The van der Waals surface area contributed by atoms with Crippen molar-refractivity contribution in [3.05, 3.63) is 0 Å². The standard InChI is InChI=1S/C5H14N2/c1-2-7-5-3-4-6/h7H,2-6H2,1H3/i3D2,4D2. The molecule has 0 saturated heterocycles. The maximum absolute atomic E-state index is 7.19. The molecule has 0 aliphatic rings. The molecule has 2 nitrogen and oxygen atoms in total. The monoisotopic (exact) mass is 106 g/mol. The molecule has 0 saturated carbocycles. The van der Waals surface area contributed by atoms with Crippen molar-refractivity contribution in [1.29, 1.82) is 0 Å². The van der Waals surface area contributed by atoms with E-state index in [0.29, 0.717) is 6.54 Å². The van der Waals surface area contributed by atoms with Gasteiger partial charge in [-0.05, 0) is 26.0 Å². The number of nitrogens with one attached hydrogen (secondary N) is 1. The SMILES string of the molecule is [2H]C([2H])(N)C([2H])([2H])CNCC. The van der Waals surface area contributed by atoms with Crippen LogP contribution in [0.25, 0.3) is 0 Å². The van der Waals surface area contributed by atoms with Gasteiger partial charge in [-0.3, -0.25) is 0 Å². The second-order valence-electron chi connectivity index (χ2n) is 1.10. The van der Waals surface area contributed by atoms with Gasteiger partial charge in [-0.25, -0.2) is 0 Å². The van der Waals surface area contributed by atoms with Crippen LogP contribution in [0.15, 0.2) is 0 Å². The minimum Gasteiger partial charge on any atom is -0.330 e. The van der Waals surface area contributed by atoms with E-state index in [9.17, 15) is 0 Å². The van der Waals surface area contributed by atoms with E-state index < -0.39 is 12.9 Å². The minimum atomic E-state index is -2.28. The molecule has 0 spiro atoms. The topological polar surface area (TPSA) is 38.0 Å². The van der Waals surface area contributed by atoms with Crippen LogP contribution in [0.4, 0.5) is 0 Å². The van der Waals surface area contributed by atoms with E-state index in [1.807, 2.05) is 6.92 Å². The van der Waals surface area contributed by atoms with Gasteiger partial charge in [0.15, 0.2) is 0 Å². The van der Waals surface area contributed by atoms with Crippen molar-refractivity contribution in [3.8, 4) is 0 Å². The number of hydrogen-bond acceptors (Lipinski definition) is 2. The zero-order valence-electron chi connectivity index (χ0n) is 8.49. The van der Waals surface area contributed by atoms with E-state index in [-0.39, 0.29) is 6.54 Å². The maximum atomic E-state index is 7.19. The molecule has 0 fully saturated rings. The first-order valence-corrected chi connectivity index (χ1v) is 2.31. The van der Waals surface area contributed by atoms with Crippen LogP contribution in [0.2, 0.25) is 0 Å². The lowest BCUT2D eigenvalue weighted by atomic mass is 10.4. The summed E-state index contributed by atoms with van der Waals surface area (Å²) >= 11 is 0. The van der Waals surface area contributed by atoms with E-state index >= 15 is 0 Å². The fourth-order valence-corrected chi connectivity index (χ4v) is 0.239. The average Bonchev–Trinajstić information content (AvgIpc) is 1.81. The largest absolute Gasteiger partial charge is 0.330 e. The van der Waals surface area contributed by atoms with Crippen LogP contribution in [-0.2, 0) is 0 Å². The van der Waals surface area contributed by atoms with Crippen molar-refractivity contribution >= 4 is 0 Å². The summed E-state index contributed by atoms with van der Waals surface area (Å²) in [5, 5.41) is 2.70. The van der Waals surface area contributed by atoms with Crippen LogP contribution in [0.5, 0.6) is 0 Å². The third-order valence-corrected chi connectivity index (χ3v) is 0.565. The Morgan fingerprint density at radius 2 is 2.57 bits per heavy atom. The molecule has 0 atom stereocenters. The first-order chi connectivity index (χ1) is 4.81. The molecule has 0 aromatic heterocycles. The summed E-state index contributed by atoms with van der Waals surface area (Å²) in [6, 6.07) is 0. The second kappa shape index (κ2) is 5.92. The summed E-state index contributed by atoms with van der Waals surface area (Å²) in [6.07, 6.45) is -2.01.